The molecule has 8 heteroatoms. The van der Waals surface area contributed by atoms with Crippen molar-refractivity contribution in [3.05, 3.63) is 66.4 Å². The molecule has 0 atom stereocenters. The topological polar surface area (TPSA) is 110 Å². The van der Waals surface area contributed by atoms with Gasteiger partial charge >= 0.3 is 0 Å². The monoisotopic (exact) mass is 373 g/mol. The molecule has 0 bridgehead atoms. The number of aromatic nitrogens is 4. The van der Waals surface area contributed by atoms with E-state index in [0.29, 0.717) is 11.3 Å². The molecule has 28 heavy (non-hydrogen) atoms. The number of carbonyl (C=O) groups excluding carboxylic acids is 1. The first-order valence-electron chi connectivity index (χ1n) is 8.38. The molecule has 0 aliphatic heterocycles. The molecule has 2 N–H and O–H groups in total. The van der Waals surface area contributed by atoms with Crippen LogP contribution in [0.5, 0.6) is 11.6 Å². The van der Waals surface area contributed by atoms with Crippen molar-refractivity contribution in [3.8, 4) is 22.9 Å². The molecule has 8 nitrogen and oxygen atoms in total. The number of nitrogens with zero attached hydrogens (tertiary/aromatic N) is 4. The predicted octanol–water partition coefficient (Wildman–Crippen LogP) is 3.05. The van der Waals surface area contributed by atoms with Gasteiger partial charge in [0.15, 0.2) is 11.2 Å². The van der Waals surface area contributed by atoms with Gasteiger partial charge in [0.1, 0.15) is 5.75 Å². The molecule has 0 fully saturated rings. The summed E-state index contributed by atoms with van der Waals surface area (Å²) < 4.78 is 5.14. The Morgan fingerprint density at radius 3 is 2.46 bits per heavy atom. The summed E-state index contributed by atoms with van der Waals surface area (Å²) in [7, 11) is 1.59. The molecule has 2 heterocycles. The van der Waals surface area contributed by atoms with Crippen LogP contribution in [0.2, 0.25) is 0 Å². The highest BCUT2D eigenvalue weighted by Gasteiger charge is 2.14. The Kier molecular flexibility index (Phi) is 4.51. The van der Waals surface area contributed by atoms with Gasteiger partial charge in [-0.1, -0.05) is 18.2 Å². The van der Waals surface area contributed by atoms with Crippen LogP contribution in [0.4, 0.5) is 5.95 Å². The smallest absolute Gasteiger partial charge is 0.258 e. The summed E-state index contributed by atoms with van der Waals surface area (Å²) in [5, 5.41) is 12.8. The molecule has 0 spiro atoms. The quantitative estimate of drug-likeness (QED) is 0.566. The summed E-state index contributed by atoms with van der Waals surface area (Å²) in [5.41, 5.74) is 2.12. The zero-order valence-corrected chi connectivity index (χ0v) is 14.8. The molecular weight excluding hydrogens is 358 g/mol. The molecule has 4 rings (SSSR count). The van der Waals surface area contributed by atoms with Crippen LogP contribution in [0.25, 0.3) is 22.4 Å². The van der Waals surface area contributed by atoms with Crippen molar-refractivity contribution >= 4 is 23.0 Å². The van der Waals surface area contributed by atoms with Gasteiger partial charge in [-0.25, -0.2) is 9.97 Å². The van der Waals surface area contributed by atoms with E-state index in [0.717, 1.165) is 11.3 Å². The highest BCUT2D eigenvalue weighted by Crippen LogP contribution is 2.25. The second-order valence-corrected chi connectivity index (χ2v) is 5.85. The van der Waals surface area contributed by atoms with E-state index in [1.54, 1.807) is 49.7 Å². The molecule has 2 aromatic carbocycles. The van der Waals surface area contributed by atoms with Gasteiger partial charge in [0, 0.05) is 11.1 Å². The zero-order valence-electron chi connectivity index (χ0n) is 14.8. The van der Waals surface area contributed by atoms with Crippen LogP contribution in [0.15, 0.2) is 60.8 Å². The van der Waals surface area contributed by atoms with E-state index in [2.05, 4.69) is 25.3 Å². The van der Waals surface area contributed by atoms with Crippen LogP contribution in [0, 0.1) is 0 Å². The van der Waals surface area contributed by atoms with Crippen molar-refractivity contribution in [3.63, 3.8) is 0 Å². The predicted molar refractivity (Wildman–Crippen MR) is 103 cm³/mol. The first kappa shape index (κ1) is 17.3. The van der Waals surface area contributed by atoms with Gasteiger partial charge in [-0.05, 0) is 36.4 Å². The summed E-state index contributed by atoms with van der Waals surface area (Å²) >= 11 is 0. The Balaban J connectivity index is 1.65. The van der Waals surface area contributed by atoms with E-state index < -0.39 is 0 Å². The Morgan fingerprint density at radius 2 is 1.75 bits per heavy atom. The molecule has 0 unspecified atom stereocenters. The fourth-order valence-electron chi connectivity index (χ4n) is 2.61. The number of amides is 1. The molecule has 0 saturated carbocycles. The van der Waals surface area contributed by atoms with E-state index in [9.17, 15) is 9.90 Å². The first-order chi connectivity index (χ1) is 13.6. The van der Waals surface area contributed by atoms with Gasteiger partial charge in [0.05, 0.1) is 19.0 Å². The maximum absolute atomic E-state index is 12.2. The molecule has 0 aliphatic rings. The minimum absolute atomic E-state index is 0.0506. The van der Waals surface area contributed by atoms with Gasteiger partial charge in [-0.15, -0.1) is 0 Å². The van der Waals surface area contributed by atoms with Crippen LogP contribution < -0.4 is 10.1 Å². The van der Waals surface area contributed by atoms with Gasteiger partial charge in [0.25, 0.3) is 5.91 Å². The lowest BCUT2D eigenvalue weighted by atomic mass is 10.1. The Hall–Kier alpha value is -4.07. The van der Waals surface area contributed by atoms with Crippen molar-refractivity contribution in [2.75, 3.05) is 12.4 Å². The average Bonchev–Trinajstić information content (AvgIpc) is 2.74. The molecule has 0 aliphatic carbocycles. The van der Waals surface area contributed by atoms with Crippen molar-refractivity contribution in [2.24, 2.45) is 0 Å². The lowest BCUT2D eigenvalue weighted by Gasteiger charge is -2.07. The minimum Gasteiger partial charge on any atom is -0.497 e. The van der Waals surface area contributed by atoms with Gasteiger partial charge in [0.2, 0.25) is 11.8 Å². The van der Waals surface area contributed by atoms with E-state index in [4.69, 9.17) is 4.74 Å². The lowest BCUT2D eigenvalue weighted by Crippen LogP contribution is -2.14. The summed E-state index contributed by atoms with van der Waals surface area (Å²) in [4.78, 5) is 29.0. The number of fused-ring (bicyclic) bond motifs is 1. The molecule has 2 aromatic heterocycles. The fourth-order valence-corrected chi connectivity index (χ4v) is 2.61. The number of ether oxygens (including phenoxy) is 1. The number of hydrogen-bond donors (Lipinski definition) is 2. The largest absolute Gasteiger partial charge is 0.497 e. The van der Waals surface area contributed by atoms with E-state index in [1.165, 1.54) is 0 Å². The number of nitrogens with one attached hydrogen (secondary N) is 1. The molecule has 138 valence electrons. The standard InChI is InChI=1S/C20H15N5O3/c1-28-14-9-7-12(8-10-14)15-11-21-17-16(22-15)19(27)25-20(23-17)24-18(26)13-5-3-2-4-6-13/h2-11H,1H3,(H2,21,23,24,25,26,27). The molecule has 4 aromatic rings. The van der Waals surface area contributed by atoms with Crippen molar-refractivity contribution < 1.29 is 14.6 Å². The lowest BCUT2D eigenvalue weighted by molar-refractivity contribution is 0.102. The maximum atomic E-state index is 12.2. The van der Waals surface area contributed by atoms with Gasteiger partial charge in [-0.3, -0.25) is 10.1 Å². The summed E-state index contributed by atoms with van der Waals surface area (Å²) in [6.07, 6.45) is 1.54. The third kappa shape index (κ3) is 3.43. The first-order valence-corrected chi connectivity index (χ1v) is 8.38. The highest BCUT2D eigenvalue weighted by atomic mass is 16.5. The molecular formula is C20H15N5O3. The highest BCUT2D eigenvalue weighted by molar-refractivity contribution is 6.03. The number of methoxy groups -OCH3 is 1. The second kappa shape index (κ2) is 7.28. The maximum Gasteiger partial charge on any atom is 0.258 e. The number of aromatic hydroxyl groups is 1. The number of benzene rings is 2. The molecule has 0 radical (unpaired) electrons. The van der Waals surface area contributed by atoms with E-state index in [1.807, 2.05) is 18.2 Å². The third-order valence-corrected chi connectivity index (χ3v) is 4.04. The van der Waals surface area contributed by atoms with E-state index >= 15 is 0 Å². The molecule has 0 saturated heterocycles. The van der Waals surface area contributed by atoms with Crippen LogP contribution in [-0.2, 0) is 0 Å². The summed E-state index contributed by atoms with van der Waals surface area (Å²) in [6, 6.07) is 15.9. The van der Waals surface area contributed by atoms with Crippen LogP contribution in [0.3, 0.4) is 0 Å². The van der Waals surface area contributed by atoms with Crippen molar-refractivity contribution in [1.29, 1.82) is 0 Å². The Labute approximate surface area is 159 Å². The number of carbonyl (C=O) groups is 1. The van der Waals surface area contributed by atoms with Crippen LogP contribution >= 0.6 is 0 Å². The number of anilines is 1. The Bertz CT molecular complexity index is 1150. The van der Waals surface area contributed by atoms with Gasteiger partial charge < -0.3 is 9.84 Å². The van der Waals surface area contributed by atoms with Crippen LogP contribution in [0.1, 0.15) is 10.4 Å². The minimum atomic E-state index is -0.387. The van der Waals surface area contributed by atoms with E-state index in [-0.39, 0.29) is 28.9 Å². The fraction of sp³-hybridized carbons (Fsp3) is 0.0500. The van der Waals surface area contributed by atoms with Crippen LogP contribution in [-0.4, -0.2) is 38.1 Å². The van der Waals surface area contributed by atoms with Crippen molar-refractivity contribution in [1.82, 2.24) is 19.9 Å². The second-order valence-electron chi connectivity index (χ2n) is 5.85. The normalized spacial score (nSPS) is 10.6. The van der Waals surface area contributed by atoms with Gasteiger partial charge in [-0.2, -0.15) is 9.97 Å². The zero-order chi connectivity index (χ0) is 19.5. The summed E-state index contributed by atoms with van der Waals surface area (Å²) in [6.45, 7) is 0. The third-order valence-electron chi connectivity index (χ3n) is 4.04. The number of rotatable bonds is 4. The molecule has 1 amide bonds. The van der Waals surface area contributed by atoms with Crippen molar-refractivity contribution in [2.45, 2.75) is 0 Å². The Morgan fingerprint density at radius 1 is 1.00 bits per heavy atom. The average molecular weight is 373 g/mol. The SMILES string of the molecule is COc1ccc(-c2cnc3nc(NC(=O)c4ccccc4)nc(O)c3n2)cc1. The number of hydrogen-bond acceptors (Lipinski definition) is 7. The summed E-state index contributed by atoms with van der Waals surface area (Å²) in [5.74, 6) is -0.0776.